The second-order valence-corrected chi connectivity index (χ2v) is 5.76. The van der Waals surface area contributed by atoms with Gasteiger partial charge in [0.2, 0.25) is 5.91 Å². The zero-order valence-electron chi connectivity index (χ0n) is 11.5. The second-order valence-electron chi connectivity index (χ2n) is 4.76. The number of aryl methyl sites for hydroxylation is 1. The van der Waals surface area contributed by atoms with E-state index in [9.17, 15) is 14.4 Å². The van der Waals surface area contributed by atoms with Crippen LogP contribution < -0.4 is 10.2 Å². The molecule has 1 fully saturated rings. The molecule has 0 spiro atoms. The molecule has 0 saturated carbocycles. The van der Waals surface area contributed by atoms with E-state index in [0.29, 0.717) is 11.4 Å². The highest BCUT2D eigenvalue weighted by Crippen LogP contribution is 2.20. The zero-order valence-corrected chi connectivity index (χ0v) is 12.4. The number of rotatable bonds is 5. The van der Waals surface area contributed by atoms with E-state index in [1.54, 1.807) is 12.1 Å². The van der Waals surface area contributed by atoms with Gasteiger partial charge in [-0.2, -0.15) is 0 Å². The lowest BCUT2D eigenvalue weighted by atomic mass is 10.2. The van der Waals surface area contributed by atoms with Crippen LogP contribution in [0.5, 0.6) is 0 Å². The van der Waals surface area contributed by atoms with Crippen LogP contribution in [-0.4, -0.2) is 40.6 Å². The molecular weight excluding hydrogens is 292 g/mol. The Morgan fingerprint density at radius 1 is 1.38 bits per heavy atom. The molecule has 21 heavy (non-hydrogen) atoms. The first-order chi connectivity index (χ1) is 9.97. The van der Waals surface area contributed by atoms with Gasteiger partial charge in [-0.05, 0) is 19.1 Å². The summed E-state index contributed by atoms with van der Waals surface area (Å²) in [5.74, 6) is -0.879. The second kappa shape index (κ2) is 6.62. The SMILES string of the molecule is Cc1ccc(N(CCC(=O)O)C(=O)C2CSC(=O)N2)cc1. The van der Waals surface area contributed by atoms with Crippen LogP contribution in [0.4, 0.5) is 10.5 Å². The van der Waals surface area contributed by atoms with Crippen molar-refractivity contribution >= 4 is 34.6 Å². The quantitative estimate of drug-likeness (QED) is 0.863. The van der Waals surface area contributed by atoms with Crippen molar-refractivity contribution in [3.63, 3.8) is 0 Å². The van der Waals surface area contributed by atoms with Gasteiger partial charge >= 0.3 is 5.97 Å². The maximum atomic E-state index is 12.5. The van der Waals surface area contributed by atoms with Crippen LogP contribution in [0, 0.1) is 6.92 Å². The lowest BCUT2D eigenvalue weighted by Gasteiger charge is -2.25. The van der Waals surface area contributed by atoms with Gasteiger partial charge in [0.15, 0.2) is 0 Å². The molecule has 1 atom stereocenters. The van der Waals surface area contributed by atoms with E-state index in [1.807, 2.05) is 19.1 Å². The molecule has 1 aliphatic rings. The van der Waals surface area contributed by atoms with Gasteiger partial charge in [0.1, 0.15) is 6.04 Å². The number of thioether (sulfide) groups is 1. The number of nitrogens with one attached hydrogen (secondary N) is 1. The molecule has 1 saturated heterocycles. The van der Waals surface area contributed by atoms with Gasteiger partial charge < -0.3 is 15.3 Å². The van der Waals surface area contributed by atoms with Crippen molar-refractivity contribution in [2.75, 3.05) is 17.2 Å². The summed E-state index contributed by atoms with van der Waals surface area (Å²) in [6.07, 6.45) is -0.145. The Labute approximate surface area is 126 Å². The fourth-order valence-electron chi connectivity index (χ4n) is 2.00. The molecule has 0 aromatic heterocycles. The Bertz CT molecular complexity index is 559. The summed E-state index contributed by atoms with van der Waals surface area (Å²) in [5.41, 5.74) is 1.69. The third-order valence-corrected chi connectivity index (χ3v) is 4.01. The molecule has 7 heteroatoms. The minimum atomic E-state index is -0.968. The van der Waals surface area contributed by atoms with Crippen molar-refractivity contribution in [2.24, 2.45) is 0 Å². The van der Waals surface area contributed by atoms with E-state index in [4.69, 9.17) is 5.11 Å². The predicted molar refractivity (Wildman–Crippen MR) is 80.6 cm³/mol. The molecule has 1 heterocycles. The van der Waals surface area contributed by atoms with Crippen LogP contribution in [0.3, 0.4) is 0 Å². The molecule has 6 nitrogen and oxygen atoms in total. The Kier molecular flexibility index (Phi) is 4.85. The number of amides is 2. The van der Waals surface area contributed by atoms with Crippen molar-refractivity contribution in [1.82, 2.24) is 5.32 Å². The number of carbonyl (C=O) groups is 3. The van der Waals surface area contributed by atoms with Crippen LogP contribution in [0.25, 0.3) is 0 Å². The summed E-state index contributed by atoms with van der Waals surface area (Å²) < 4.78 is 0. The number of carbonyl (C=O) groups excluding carboxylic acids is 2. The summed E-state index contributed by atoms with van der Waals surface area (Å²) in [6, 6.07) is 6.67. The first-order valence-corrected chi connectivity index (χ1v) is 7.49. The monoisotopic (exact) mass is 308 g/mol. The molecule has 1 unspecified atom stereocenters. The largest absolute Gasteiger partial charge is 0.481 e. The average molecular weight is 308 g/mol. The molecule has 1 aliphatic heterocycles. The zero-order chi connectivity index (χ0) is 15.4. The number of aliphatic carboxylic acids is 1. The fourth-order valence-corrected chi connectivity index (χ4v) is 2.77. The van der Waals surface area contributed by atoms with Crippen LogP contribution in [0.15, 0.2) is 24.3 Å². The van der Waals surface area contributed by atoms with Gasteiger partial charge in [0, 0.05) is 18.0 Å². The minimum absolute atomic E-state index is 0.0776. The lowest BCUT2D eigenvalue weighted by Crippen LogP contribution is -2.46. The number of carboxylic acid groups (broad SMARTS) is 1. The summed E-state index contributed by atoms with van der Waals surface area (Å²) in [7, 11) is 0. The Morgan fingerprint density at radius 2 is 2.05 bits per heavy atom. The molecule has 2 rings (SSSR count). The number of anilines is 1. The van der Waals surface area contributed by atoms with E-state index >= 15 is 0 Å². The van der Waals surface area contributed by atoms with Gasteiger partial charge in [-0.25, -0.2) is 0 Å². The molecule has 0 bridgehead atoms. The standard InChI is InChI=1S/C14H16N2O4S/c1-9-2-4-10(5-3-9)16(7-6-12(17)18)13(19)11-8-21-14(20)15-11/h2-5,11H,6-8H2,1H3,(H,15,20)(H,17,18). The summed E-state index contributed by atoms with van der Waals surface area (Å²) in [5, 5.41) is 11.2. The maximum absolute atomic E-state index is 12.5. The number of nitrogens with zero attached hydrogens (tertiary/aromatic N) is 1. The van der Waals surface area contributed by atoms with Gasteiger partial charge in [-0.1, -0.05) is 29.5 Å². The van der Waals surface area contributed by atoms with Gasteiger partial charge in [-0.15, -0.1) is 0 Å². The van der Waals surface area contributed by atoms with Crippen molar-refractivity contribution in [1.29, 1.82) is 0 Å². The third kappa shape index (κ3) is 3.98. The van der Waals surface area contributed by atoms with Crippen molar-refractivity contribution in [2.45, 2.75) is 19.4 Å². The van der Waals surface area contributed by atoms with E-state index in [2.05, 4.69) is 5.32 Å². The number of hydrogen-bond acceptors (Lipinski definition) is 4. The van der Waals surface area contributed by atoms with Gasteiger partial charge in [0.25, 0.3) is 5.24 Å². The van der Waals surface area contributed by atoms with Crippen molar-refractivity contribution < 1.29 is 19.5 Å². The Hall–Kier alpha value is -2.02. The summed E-state index contributed by atoms with van der Waals surface area (Å²) in [4.78, 5) is 35.9. The highest BCUT2D eigenvalue weighted by atomic mass is 32.2. The minimum Gasteiger partial charge on any atom is -0.481 e. The summed E-state index contributed by atoms with van der Waals surface area (Å²) >= 11 is 1.06. The molecule has 1 aromatic carbocycles. The number of hydrogen-bond donors (Lipinski definition) is 2. The number of benzene rings is 1. The Balaban J connectivity index is 2.18. The molecule has 0 radical (unpaired) electrons. The molecule has 0 aliphatic carbocycles. The van der Waals surface area contributed by atoms with Crippen LogP contribution in [-0.2, 0) is 9.59 Å². The fraction of sp³-hybridized carbons (Fsp3) is 0.357. The van der Waals surface area contributed by atoms with Crippen molar-refractivity contribution in [3.05, 3.63) is 29.8 Å². The average Bonchev–Trinajstić information content (AvgIpc) is 2.87. The smallest absolute Gasteiger partial charge is 0.305 e. The van der Waals surface area contributed by atoms with Crippen LogP contribution in [0.1, 0.15) is 12.0 Å². The lowest BCUT2D eigenvalue weighted by molar-refractivity contribution is -0.136. The van der Waals surface area contributed by atoms with Gasteiger partial charge in [0.05, 0.1) is 6.42 Å². The maximum Gasteiger partial charge on any atom is 0.305 e. The highest BCUT2D eigenvalue weighted by Gasteiger charge is 2.32. The molecule has 112 valence electrons. The van der Waals surface area contributed by atoms with Crippen LogP contribution >= 0.6 is 11.8 Å². The molecule has 2 amide bonds. The van der Waals surface area contributed by atoms with E-state index < -0.39 is 12.0 Å². The molecular formula is C14H16N2O4S. The van der Waals surface area contributed by atoms with E-state index in [0.717, 1.165) is 17.3 Å². The first-order valence-electron chi connectivity index (χ1n) is 6.50. The van der Waals surface area contributed by atoms with Crippen LogP contribution in [0.2, 0.25) is 0 Å². The first kappa shape index (κ1) is 15.4. The highest BCUT2D eigenvalue weighted by molar-refractivity contribution is 8.14. The van der Waals surface area contributed by atoms with Gasteiger partial charge in [-0.3, -0.25) is 14.4 Å². The normalized spacial score (nSPS) is 17.4. The third-order valence-electron chi connectivity index (χ3n) is 3.13. The predicted octanol–water partition coefficient (Wildman–Crippen LogP) is 1.63. The molecule has 1 aromatic rings. The molecule has 2 N–H and O–H groups in total. The topological polar surface area (TPSA) is 86.7 Å². The summed E-state index contributed by atoms with van der Waals surface area (Å²) in [6.45, 7) is 2.01. The Morgan fingerprint density at radius 3 is 2.57 bits per heavy atom. The van der Waals surface area contributed by atoms with E-state index in [1.165, 1.54) is 4.90 Å². The number of carboxylic acids is 1. The van der Waals surface area contributed by atoms with E-state index in [-0.39, 0.29) is 24.1 Å². The van der Waals surface area contributed by atoms with Crippen molar-refractivity contribution in [3.8, 4) is 0 Å².